The van der Waals surface area contributed by atoms with E-state index in [9.17, 15) is 80.1 Å². The fourth-order valence-corrected chi connectivity index (χ4v) is 13.7. The fourth-order valence-electron chi connectivity index (χ4n) is 10.1. The highest BCUT2D eigenvalue weighted by molar-refractivity contribution is 8.00. The summed E-state index contributed by atoms with van der Waals surface area (Å²) in [5.41, 5.74) is -1.03. The van der Waals surface area contributed by atoms with Crippen LogP contribution in [0.15, 0.2) is 0 Å². The van der Waals surface area contributed by atoms with Crippen LogP contribution in [0.3, 0.4) is 0 Å². The maximum absolute atomic E-state index is 12.5. The van der Waals surface area contributed by atoms with Crippen LogP contribution >= 0.6 is 47.0 Å². The maximum Gasteiger partial charge on any atom is 0.303 e. The molecular formula is C53H93N3O25S4. The number of aliphatic hydroxyl groups is 11. The van der Waals surface area contributed by atoms with Gasteiger partial charge in [0.25, 0.3) is 0 Å². The number of aliphatic hydroxyl groups excluding tert-OH is 11. The summed E-state index contributed by atoms with van der Waals surface area (Å²) in [7, 11) is 1.42. The third-order valence-electron chi connectivity index (χ3n) is 15.0. The molecule has 0 radical (unpaired) electrons. The summed E-state index contributed by atoms with van der Waals surface area (Å²) >= 11 is 5.65. The highest BCUT2D eigenvalue weighted by Gasteiger charge is 2.50. The van der Waals surface area contributed by atoms with Crippen LogP contribution in [0.4, 0.5) is 0 Å². The average Bonchev–Trinajstić information content (AvgIpc) is 3.63. The van der Waals surface area contributed by atoms with E-state index in [-0.39, 0.29) is 55.8 Å². The Bertz CT molecular complexity index is 1930. The largest absolute Gasteiger partial charge is 0.481 e. The van der Waals surface area contributed by atoms with Crippen molar-refractivity contribution in [3.63, 3.8) is 0 Å². The molecule has 0 aromatic heterocycles. The van der Waals surface area contributed by atoms with Gasteiger partial charge in [0.2, 0.25) is 17.7 Å². The number of carboxylic acids is 2. The number of amides is 3. The molecule has 0 saturated carbocycles. The minimum atomic E-state index is -1.54. The Labute approximate surface area is 512 Å². The van der Waals surface area contributed by atoms with E-state index in [0.717, 1.165) is 23.9 Å². The molecular weight excluding hydrogens is 1210 g/mol. The number of carbonyl (C=O) groups is 5. The average molecular weight is 1300 g/mol. The second-order valence-corrected chi connectivity index (χ2v) is 26.1. The van der Waals surface area contributed by atoms with Gasteiger partial charge in [-0.1, -0.05) is 19.3 Å². The van der Waals surface area contributed by atoms with E-state index in [0.29, 0.717) is 99.8 Å². The van der Waals surface area contributed by atoms with E-state index < -0.39 is 153 Å². The molecule has 0 aromatic carbocycles. The van der Waals surface area contributed by atoms with Crippen molar-refractivity contribution in [3.05, 3.63) is 0 Å². The van der Waals surface area contributed by atoms with Crippen LogP contribution in [0.1, 0.15) is 83.5 Å². The molecule has 32 heteroatoms. The molecule has 16 N–H and O–H groups in total. The lowest BCUT2D eigenvalue weighted by molar-refractivity contribution is -0.330. The third kappa shape index (κ3) is 26.0. The predicted octanol–water partition coefficient (Wildman–Crippen LogP) is -2.83. The van der Waals surface area contributed by atoms with E-state index in [2.05, 4.69) is 16.0 Å². The first-order valence-electron chi connectivity index (χ1n) is 29.0. The molecule has 20 atom stereocenters. The first kappa shape index (κ1) is 75.5. The number of nitrogens with one attached hydrogen (secondary N) is 3. The van der Waals surface area contributed by atoms with Crippen LogP contribution < -0.4 is 16.0 Å². The van der Waals surface area contributed by atoms with Gasteiger partial charge >= 0.3 is 11.9 Å². The number of methoxy groups -OCH3 is 1. The zero-order valence-corrected chi connectivity index (χ0v) is 51.3. The van der Waals surface area contributed by atoms with Crippen molar-refractivity contribution in [1.82, 2.24) is 16.0 Å². The second-order valence-electron chi connectivity index (χ2n) is 21.3. The number of rotatable bonds is 42. The molecule has 3 amide bonds. The van der Waals surface area contributed by atoms with E-state index >= 15 is 0 Å². The molecule has 28 nitrogen and oxygen atoms in total. The van der Waals surface area contributed by atoms with Crippen LogP contribution in [-0.2, 0) is 57.1 Å². The standard InChI is InChI=1S/C53H93N3O25S4/c1-75-50-29(8-2-5-18-82-21-15-54-36(59)11-13-39(62)63)41(66)46(71)34(79-50)26-77-52-31(10-4-7-19-83-22-16-55-37(60)12-14-40(64)65)43(68)47(72)35(80-52)27-76-51-30(42(67)44(69)32(24-57)78-51)9-3-6-20-84-23-17-56-38(61)28-85-53-49(74)48(73)45(70)33(25-58)81-53/h29-35,41-53,57-58,66-74H,2-28H2,1H3,(H,54,59)(H,55,60)(H,56,61)(H,62,63)(H,64,65)/t29-,30-,31-,32-,33?,34-,35-,41-,42-,43-,44-,45-,46-,47-,48+,49?,50+,51+,52+,53-/m1/s1. The Balaban J connectivity index is 1.30. The summed E-state index contributed by atoms with van der Waals surface area (Å²) in [6.45, 7) is -0.904. The lowest BCUT2D eigenvalue weighted by Gasteiger charge is -2.46. The molecule has 0 bridgehead atoms. The summed E-state index contributed by atoms with van der Waals surface area (Å²) in [4.78, 5) is 57.6. The summed E-state index contributed by atoms with van der Waals surface area (Å²) in [6, 6.07) is 0. The molecule has 4 saturated heterocycles. The fraction of sp³-hybridized carbons (Fsp3) is 0.906. The Morgan fingerprint density at radius 1 is 0.424 bits per heavy atom. The van der Waals surface area contributed by atoms with Crippen molar-refractivity contribution in [2.45, 2.75) is 187 Å². The zero-order chi connectivity index (χ0) is 62.4. The van der Waals surface area contributed by atoms with Gasteiger partial charge in [-0.05, 0) is 55.8 Å². The molecule has 0 aromatic rings. The lowest BCUT2D eigenvalue weighted by atomic mass is 9.86. The smallest absolute Gasteiger partial charge is 0.303 e. The number of hydrogen-bond donors (Lipinski definition) is 16. The van der Waals surface area contributed by atoms with Crippen molar-refractivity contribution < 1.29 is 124 Å². The number of hydrogen-bond acceptors (Lipinski definition) is 27. The monoisotopic (exact) mass is 1300 g/mol. The van der Waals surface area contributed by atoms with Gasteiger partial charge in [-0.15, -0.1) is 11.8 Å². The molecule has 4 fully saturated rings. The Morgan fingerprint density at radius 3 is 1.20 bits per heavy atom. The zero-order valence-electron chi connectivity index (χ0n) is 48.0. The summed E-state index contributed by atoms with van der Waals surface area (Å²) < 4.78 is 42.0. The molecule has 4 rings (SSSR count). The van der Waals surface area contributed by atoms with Gasteiger partial charge in [-0.2, -0.15) is 35.3 Å². The van der Waals surface area contributed by atoms with E-state index in [1.165, 1.54) is 7.11 Å². The van der Waals surface area contributed by atoms with Gasteiger partial charge in [0.1, 0.15) is 66.5 Å². The minimum Gasteiger partial charge on any atom is -0.481 e. The lowest BCUT2D eigenvalue weighted by Crippen LogP contribution is -2.60. The summed E-state index contributed by atoms with van der Waals surface area (Å²) in [5, 5.41) is 144. The predicted molar refractivity (Wildman–Crippen MR) is 311 cm³/mol. The third-order valence-corrected chi connectivity index (χ3v) is 19.4. The van der Waals surface area contributed by atoms with Crippen molar-refractivity contribution >= 4 is 76.7 Å². The number of aliphatic carboxylic acids is 2. The van der Waals surface area contributed by atoms with Crippen molar-refractivity contribution in [2.24, 2.45) is 17.8 Å². The van der Waals surface area contributed by atoms with Crippen molar-refractivity contribution in [1.29, 1.82) is 0 Å². The topological polar surface area (TPSA) is 449 Å². The minimum absolute atomic E-state index is 0.0874. The van der Waals surface area contributed by atoms with Gasteiger partial charge in [0.05, 0.1) is 63.3 Å². The number of unbranched alkanes of at least 4 members (excludes halogenated alkanes) is 3. The van der Waals surface area contributed by atoms with E-state index in [1.54, 1.807) is 35.3 Å². The van der Waals surface area contributed by atoms with Crippen molar-refractivity contribution in [3.8, 4) is 0 Å². The quantitative estimate of drug-likeness (QED) is 0.0274. The van der Waals surface area contributed by atoms with Gasteiger partial charge in [0, 0.05) is 74.6 Å². The molecule has 85 heavy (non-hydrogen) atoms. The van der Waals surface area contributed by atoms with Crippen LogP contribution in [0.5, 0.6) is 0 Å². The van der Waals surface area contributed by atoms with Crippen molar-refractivity contribution in [2.75, 3.05) is 93.4 Å². The number of carbonyl (C=O) groups excluding carboxylic acids is 3. The Morgan fingerprint density at radius 2 is 0.788 bits per heavy atom. The van der Waals surface area contributed by atoms with Gasteiger partial charge in [-0.3, -0.25) is 24.0 Å². The SMILES string of the molecule is CO[C@H]1O[C@H](CO[C@H]2O[C@H](CO[C@H]3O[C@H](CO)[C@@H](O)[C@H](O)[C@H]3CCCCSCCNC(=O)CS[C@H]3OC(CO)[C@@H](O)[C@H](O)C3O)[C@@H](O)[C@H](O)[C@H]2CCCCSCCNC(=O)CCC(=O)O)[C@@H](O)[C@H](O)[C@H]1CCCCSCCNC(=O)CCC(=O)O. The first-order valence-corrected chi connectivity index (χ1v) is 33.5. The molecule has 4 aliphatic heterocycles. The highest BCUT2D eigenvalue weighted by Crippen LogP contribution is 2.37. The van der Waals surface area contributed by atoms with Gasteiger partial charge < -0.3 is 115 Å². The van der Waals surface area contributed by atoms with Crippen LogP contribution in [-0.4, -0.2) is 293 Å². The summed E-state index contributed by atoms with van der Waals surface area (Å²) in [5.74, 6) is -1.64. The van der Waals surface area contributed by atoms with Crippen LogP contribution in [0.25, 0.3) is 0 Å². The first-order chi connectivity index (χ1) is 40.7. The normalized spacial score (nSPS) is 33.3. The molecule has 0 spiro atoms. The van der Waals surface area contributed by atoms with Crippen LogP contribution in [0.2, 0.25) is 0 Å². The van der Waals surface area contributed by atoms with Crippen LogP contribution in [0, 0.1) is 17.8 Å². The van der Waals surface area contributed by atoms with E-state index in [4.69, 9.17) is 43.4 Å². The molecule has 4 heterocycles. The maximum atomic E-state index is 12.5. The molecule has 2 unspecified atom stereocenters. The van der Waals surface area contributed by atoms with Gasteiger partial charge in [-0.25, -0.2) is 0 Å². The molecule has 0 aliphatic carbocycles. The molecule has 494 valence electrons. The number of thioether (sulfide) groups is 4. The Hall–Kier alpha value is -1.97. The number of carboxylic acid groups (broad SMARTS) is 2. The highest BCUT2D eigenvalue weighted by atomic mass is 32.2. The second kappa shape index (κ2) is 41.4. The Kier molecular flexibility index (Phi) is 36.8. The number of ether oxygens (including phenoxy) is 7. The summed E-state index contributed by atoms with van der Waals surface area (Å²) in [6.07, 6.45) is -16.9. The molecule has 4 aliphatic rings. The van der Waals surface area contributed by atoms with E-state index in [1.807, 2.05) is 0 Å². The van der Waals surface area contributed by atoms with Gasteiger partial charge in [0.15, 0.2) is 18.9 Å².